The van der Waals surface area contributed by atoms with Gasteiger partial charge in [-0.1, -0.05) is 6.92 Å². The lowest BCUT2D eigenvalue weighted by Gasteiger charge is -2.30. The fourth-order valence-corrected chi connectivity index (χ4v) is 5.73. The average Bonchev–Trinajstić information content (AvgIpc) is 3.66. The summed E-state index contributed by atoms with van der Waals surface area (Å²) in [6.07, 6.45) is 12.3. The molecule has 0 spiro atoms. The first-order valence-electron chi connectivity index (χ1n) is 13.2. The SMILES string of the molecule is Cc1cn2c(-c3c[nH][n+](CC(=O)Nc4ccncc4F)c3)cnc2c(Nc2cc(CN3CCC[C@@H](C)C3)ns2)n1. The number of aromatic nitrogens is 7. The zero-order valence-electron chi connectivity index (χ0n) is 22.3. The molecule has 6 rings (SSSR count). The van der Waals surface area contributed by atoms with Gasteiger partial charge in [-0.25, -0.2) is 14.4 Å². The first-order chi connectivity index (χ1) is 19.4. The van der Waals surface area contributed by atoms with Crippen molar-refractivity contribution in [1.82, 2.24) is 33.7 Å². The van der Waals surface area contributed by atoms with Crippen molar-refractivity contribution < 1.29 is 13.9 Å². The zero-order chi connectivity index (χ0) is 27.6. The number of pyridine rings is 1. The predicted molar refractivity (Wildman–Crippen MR) is 150 cm³/mol. The van der Waals surface area contributed by atoms with Crippen molar-refractivity contribution in [3.8, 4) is 11.3 Å². The number of anilines is 3. The van der Waals surface area contributed by atoms with Gasteiger partial charge >= 0.3 is 0 Å². The number of carbonyl (C=O) groups is 1. The van der Waals surface area contributed by atoms with Gasteiger partial charge in [-0.2, -0.15) is 9.47 Å². The number of nitrogens with one attached hydrogen (secondary N) is 3. The van der Waals surface area contributed by atoms with E-state index in [4.69, 9.17) is 4.98 Å². The molecule has 40 heavy (non-hydrogen) atoms. The van der Waals surface area contributed by atoms with Crippen LogP contribution in [-0.4, -0.2) is 52.7 Å². The van der Waals surface area contributed by atoms with Gasteiger partial charge in [-0.3, -0.25) is 19.1 Å². The van der Waals surface area contributed by atoms with Gasteiger partial charge in [0.05, 0.1) is 46.9 Å². The molecule has 1 saturated heterocycles. The molecule has 0 saturated carbocycles. The molecule has 3 N–H and O–H groups in total. The second-order valence-electron chi connectivity index (χ2n) is 10.2. The summed E-state index contributed by atoms with van der Waals surface area (Å²) in [6.45, 7) is 7.32. The second-order valence-corrected chi connectivity index (χ2v) is 11.1. The van der Waals surface area contributed by atoms with Gasteiger partial charge in [0, 0.05) is 25.5 Å². The number of fused-ring (bicyclic) bond motifs is 1. The number of nitrogens with zero attached hydrogens (tertiary/aromatic N) is 7. The van der Waals surface area contributed by atoms with E-state index in [0.717, 1.165) is 59.4 Å². The highest BCUT2D eigenvalue weighted by Gasteiger charge is 2.20. The topological polar surface area (TPSA) is 120 Å². The van der Waals surface area contributed by atoms with E-state index in [1.807, 2.05) is 23.7 Å². The number of aromatic amines is 1. The van der Waals surface area contributed by atoms with Crippen molar-refractivity contribution in [2.24, 2.45) is 5.92 Å². The number of imidazole rings is 1. The molecule has 11 nitrogen and oxygen atoms in total. The summed E-state index contributed by atoms with van der Waals surface area (Å²) in [5, 5.41) is 9.96. The molecule has 1 atom stereocenters. The number of amides is 1. The molecule has 1 aliphatic heterocycles. The summed E-state index contributed by atoms with van der Waals surface area (Å²) in [5.41, 5.74) is 4.32. The standard InChI is InChI=1S/C27H29FN10OS/c1-17-4-3-7-36(12-17)15-20-8-25(40-35-20)34-26-27-30-11-23(38(27)13-18(2)32-26)19-9-31-37(14-19)16-24(39)33-22-5-6-29-10-21(22)28/h5-6,8-11,13-14,17H,3-4,7,12,15-16H2,1-2H3,(H2,29,32,33,34,35,39)/p+1/t17-/m1/s1. The monoisotopic (exact) mass is 561 g/mol. The maximum atomic E-state index is 13.8. The highest BCUT2D eigenvalue weighted by Crippen LogP contribution is 2.28. The Labute approximate surface area is 234 Å². The summed E-state index contributed by atoms with van der Waals surface area (Å²) in [7, 11) is 0. The van der Waals surface area contributed by atoms with Gasteiger partial charge in [0.25, 0.3) is 5.91 Å². The molecule has 0 unspecified atom stereocenters. The van der Waals surface area contributed by atoms with Crippen LogP contribution in [0.25, 0.3) is 16.9 Å². The maximum absolute atomic E-state index is 13.8. The number of rotatable bonds is 8. The Bertz CT molecular complexity index is 1660. The predicted octanol–water partition coefficient (Wildman–Crippen LogP) is 3.93. The van der Waals surface area contributed by atoms with E-state index >= 15 is 0 Å². The fourth-order valence-electron chi connectivity index (χ4n) is 5.07. The minimum atomic E-state index is -0.585. The van der Waals surface area contributed by atoms with Gasteiger partial charge in [0.1, 0.15) is 5.00 Å². The molecule has 0 aromatic carbocycles. The van der Waals surface area contributed by atoms with Crippen molar-refractivity contribution in [1.29, 1.82) is 0 Å². The smallest absolute Gasteiger partial charge is 0.292 e. The average molecular weight is 562 g/mol. The van der Waals surface area contributed by atoms with E-state index in [-0.39, 0.29) is 18.1 Å². The van der Waals surface area contributed by atoms with E-state index in [1.165, 1.54) is 36.6 Å². The molecule has 5 aromatic heterocycles. The molecule has 0 radical (unpaired) electrons. The Morgan fingerprint density at radius 2 is 2.25 bits per heavy atom. The Kier molecular flexibility index (Phi) is 7.22. The van der Waals surface area contributed by atoms with Gasteiger partial charge < -0.3 is 10.6 Å². The maximum Gasteiger partial charge on any atom is 0.292 e. The summed E-state index contributed by atoms with van der Waals surface area (Å²) in [6, 6.07) is 3.51. The van der Waals surface area contributed by atoms with E-state index in [2.05, 4.69) is 48.0 Å². The number of piperidine rings is 1. The van der Waals surface area contributed by atoms with Crippen molar-refractivity contribution in [3.05, 3.63) is 66.5 Å². The molecule has 206 valence electrons. The molecule has 6 heterocycles. The summed E-state index contributed by atoms with van der Waals surface area (Å²) < 4.78 is 22.1. The van der Waals surface area contributed by atoms with Crippen molar-refractivity contribution in [2.45, 2.75) is 39.8 Å². The van der Waals surface area contributed by atoms with Crippen molar-refractivity contribution >= 4 is 39.6 Å². The highest BCUT2D eigenvalue weighted by molar-refractivity contribution is 7.10. The molecule has 13 heteroatoms. The Hall–Kier alpha value is -4.23. The van der Waals surface area contributed by atoms with E-state index < -0.39 is 5.82 Å². The van der Waals surface area contributed by atoms with Gasteiger partial charge in [0.15, 0.2) is 17.3 Å². The first-order valence-corrected chi connectivity index (χ1v) is 14.0. The summed E-state index contributed by atoms with van der Waals surface area (Å²) in [4.78, 5) is 28.0. The van der Waals surface area contributed by atoms with E-state index in [9.17, 15) is 9.18 Å². The Morgan fingerprint density at radius 3 is 3.10 bits per heavy atom. The van der Waals surface area contributed by atoms with Crippen LogP contribution in [0.4, 0.5) is 20.9 Å². The number of H-pyrrole nitrogens is 1. The van der Waals surface area contributed by atoms with E-state index in [0.29, 0.717) is 11.5 Å². The van der Waals surface area contributed by atoms with Gasteiger partial charge in [-0.15, -0.1) is 4.68 Å². The van der Waals surface area contributed by atoms with Crippen molar-refractivity contribution in [2.75, 3.05) is 23.7 Å². The number of carbonyl (C=O) groups excluding carboxylic acids is 1. The molecule has 0 aliphatic carbocycles. The van der Waals surface area contributed by atoms with Crippen LogP contribution in [0.1, 0.15) is 31.2 Å². The number of hydrogen-bond acceptors (Lipinski definition) is 8. The van der Waals surface area contributed by atoms with Crippen LogP contribution in [0, 0.1) is 18.7 Å². The van der Waals surface area contributed by atoms with Crippen LogP contribution in [0.3, 0.4) is 0 Å². The zero-order valence-corrected chi connectivity index (χ0v) is 23.1. The van der Waals surface area contributed by atoms with Gasteiger partial charge in [-0.05, 0) is 55.9 Å². The second kappa shape index (κ2) is 11.1. The Morgan fingerprint density at radius 1 is 1.35 bits per heavy atom. The fraction of sp³-hybridized carbons (Fsp3) is 0.333. The first kappa shape index (κ1) is 26.0. The van der Waals surface area contributed by atoms with Crippen molar-refractivity contribution in [3.63, 3.8) is 0 Å². The van der Waals surface area contributed by atoms with Crippen LogP contribution >= 0.6 is 11.5 Å². The molecular formula is C27H30FN10OS+. The lowest BCUT2D eigenvalue weighted by atomic mass is 10.0. The Balaban J connectivity index is 1.17. The number of aryl methyl sites for hydroxylation is 1. The molecule has 1 fully saturated rings. The van der Waals surface area contributed by atoms with Crippen LogP contribution in [0.5, 0.6) is 0 Å². The van der Waals surface area contributed by atoms with E-state index in [1.54, 1.807) is 17.1 Å². The number of hydrogen-bond donors (Lipinski definition) is 3. The molecule has 1 aliphatic rings. The minimum Gasteiger partial charge on any atom is -0.328 e. The third-order valence-electron chi connectivity index (χ3n) is 6.88. The largest absolute Gasteiger partial charge is 0.328 e. The minimum absolute atomic E-state index is 0.0179. The van der Waals surface area contributed by atoms with Crippen LogP contribution in [0.2, 0.25) is 0 Å². The van der Waals surface area contributed by atoms with Crippen LogP contribution in [-0.2, 0) is 17.9 Å². The lowest BCUT2D eigenvalue weighted by molar-refractivity contribution is -0.737. The molecular weight excluding hydrogens is 531 g/mol. The normalized spacial score (nSPS) is 15.9. The molecule has 1 amide bonds. The quantitative estimate of drug-likeness (QED) is 0.246. The lowest BCUT2D eigenvalue weighted by Crippen LogP contribution is -2.41. The van der Waals surface area contributed by atoms with Crippen LogP contribution in [0.15, 0.2) is 49.3 Å². The summed E-state index contributed by atoms with van der Waals surface area (Å²) in [5.74, 6) is 0.424. The summed E-state index contributed by atoms with van der Waals surface area (Å²) >= 11 is 1.42. The molecule has 0 bridgehead atoms. The van der Waals surface area contributed by atoms with Gasteiger partial charge in [0.2, 0.25) is 12.7 Å². The highest BCUT2D eigenvalue weighted by atomic mass is 32.1. The third kappa shape index (κ3) is 5.70. The third-order valence-corrected chi connectivity index (χ3v) is 7.62. The number of halogens is 1. The number of likely N-dealkylation sites (tertiary alicyclic amines) is 1. The molecule has 5 aromatic rings. The van der Waals surface area contributed by atoms with Crippen LogP contribution < -0.4 is 15.3 Å².